The average molecular weight is 1130 g/mol. The average Bonchev–Trinajstić information content (AvgIpc) is 3.47. The van der Waals surface area contributed by atoms with Crippen LogP contribution in [0.1, 0.15) is 367 Å². The highest BCUT2D eigenvalue weighted by molar-refractivity contribution is 5.71. The molecule has 0 rings (SSSR count). The lowest BCUT2D eigenvalue weighted by Crippen LogP contribution is -2.30. The Kier molecular flexibility index (Phi) is 66.6. The maximum atomic E-state index is 12.9. The first-order valence-corrected chi connectivity index (χ1v) is 35.4. The Balaban J connectivity index is 4.22. The maximum absolute atomic E-state index is 12.9. The van der Waals surface area contributed by atoms with E-state index in [1.807, 2.05) is 0 Å². The minimum absolute atomic E-state index is 0.0784. The van der Waals surface area contributed by atoms with E-state index in [-0.39, 0.29) is 31.1 Å². The Morgan fingerprint density at radius 3 is 0.716 bits per heavy atom. The molecule has 0 aromatic rings. The first-order chi connectivity index (χ1) is 40.0. The number of esters is 3. The summed E-state index contributed by atoms with van der Waals surface area (Å²) in [6, 6.07) is 0. The number of rotatable bonds is 65. The number of carbonyl (C=O) groups excluding carboxylic acids is 3. The smallest absolute Gasteiger partial charge is 0.306 e. The van der Waals surface area contributed by atoms with Gasteiger partial charge >= 0.3 is 17.9 Å². The molecule has 1 unspecified atom stereocenters. The fraction of sp³-hybridized carbons (Fsp3) is 0.800. The van der Waals surface area contributed by atoms with Gasteiger partial charge in [-0.05, 0) is 116 Å². The molecule has 0 aliphatic rings. The predicted molar refractivity (Wildman–Crippen MR) is 353 cm³/mol. The Morgan fingerprint density at radius 2 is 0.444 bits per heavy atom. The maximum Gasteiger partial charge on any atom is 0.306 e. The Morgan fingerprint density at radius 1 is 0.247 bits per heavy atom. The first-order valence-electron chi connectivity index (χ1n) is 35.4. The van der Waals surface area contributed by atoms with Crippen LogP contribution in [0.25, 0.3) is 0 Å². The molecule has 81 heavy (non-hydrogen) atoms. The van der Waals surface area contributed by atoms with Crippen LogP contribution in [0, 0.1) is 0 Å². The molecule has 0 aromatic carbocycles. The summed E-state index contributed by atoms with van der Waals surface area (Å²) in [4.78, 5) is 38.4. The van der Waals surface area contributed by atoms with E-state index in [0.29, 0.717) is 19.3 Å². The normalized spacial score (nSPS) is 12.5. The number of ether oxygens (including phenoxy) is 3. The predicted octanol–water partition coefficient (Wildman–Crippen LogP) is 24.4. The first kappa shape index (κ1) is 77.9. The molecular formula is C75H134O6. The molecule has 0 heterocycles. The fourth-order valence-corrected chi connectivity index (χ4v) is 10.3. The summed E-state index contributed by atoms with van der Waals surface area (Å²) in [6.45, 7) is 6.64. The molecule has 0 aliphatic heterocycles. The molecule has 0 N–H and O–H groups in total. The lowest BCUT2D eigenvalue weighted by molar-refractivity contribution is -0.167. The SMILES string of the molecule is CCCCCC/C=C\C/C=C\CCCCCCCCCC(=O)OC(COC(=O)CCCCCCC/C=C\CCCCCCC)COC(=O)CCCCCCCCCCCCCCCCCC/C=C\C/C=C\C/C=C\CCCCCCC. The second-order valence-electron chi connectivity index (χ2n) is 23.8. The molecule has 0 aliphatic carbocycles. The van der Waals surface area contributed by atoms with Gasteiger partial charge < -0.3 is 14.2 Å². The Hall–Kier alpha value is -3.15. The fourth-order valence-electron chi connectivity index (χ4n) is 10.3. The van der Waals surface area contributed by atoms with E-state index in [4.69, 9.17) is 14.2 Å². The van der Waals surface area contributed by atoms with Gasteiger partial charge in [0.1, 0.15) is 13.2 Å². The highest BCUT2D eigenvalue weighted by atomic mass is 16.6. The van der Waals surface area contributed by atoms with Crippen LogP contribution in [-0.4, -0.2) is 37.2 Å². The van der Waals surface area contributed by atoms with Gasteiger partial charge in [-0.1, -0.05) is 306 Å². The zero-order valence-electron chi connectivity index (χ0n) is 54.1. The molecule has 6 heteroatoms. The molecule has 0 aromatic heterocycles. The summed E-state index contributed by atoms with van der Waals surface area (Å²) >= 11 is 0. The molecule has 6 nitrogen and oxygen atoms in total. The largest absolute Gasteiger partial charge is 0.462 e. The lowest BCUT2D eigenvalue weighted by Gasteiger charge is -2.18. The number of hydrogen-bond acceptors (Lipinski definition) is 6. The van der Waals surface area contributed by atoms with Crippen LogP contribution in [0.5, 0.6) is 0 Å². The van der Waals surface area contributed by atoms with Gasteiger partial charge in [0, 0.05) is 19.3 Å². The highest BCUT2D eigenvalue weighted by Crippen LogP contribution is 2.17. The van der Waals surface area contributed by atoms with Gasteiger partial charge in [0.2, 0.25) is 0 Å². The zero-order valence-corrected chi connectivity index (χ0v) is 54.1. The van der Waals surface area contributed by atoms with Crippen LogP contribution < -0.4 is 0 Å². The summed E-state index contributed by atoms with van der Waals surface area (Å²) in [7, 11) is 0. The quantitative estimate of drug-likeness (QED) is 0.0261. The summed E-state index contributed by atoms with van der Waals surface area (Å²) in [6.07, 6.45) is 90.7. The van der Waals surface area contributed by atoms with Crippen LogP contribution >= 0.6 is 0 Å². The topological polar surface area (TPSA) is 78.9 Å². The van der Waals surface area contributed by atoms with Crippen LogP contribution in [0.15, 0.2) is 72.9 Å². The Labute approximate surface area is 503 Å². The molecule has 0 spiro atoms. The van der Waals surface area contributed by atoms with E-state index < -0.39 is 6.10 Å². The van der Waals surface area contributed by atoms with Crippen LogP contribution in [0.2, 0.25) is 0 Å². The zero-order chi connectivity index (χ0) is 58.5. The van der Waals surface area contributed by atoms with Crippen LogP contribution in [0.3, 0.4) is 0 Å². The summed E-state index contributed by atoms with van der Waals surface area (Å²) in [5.41, 5.74) is 0. The molecule has 470 valence electrons. The Bertz CT molecular complexity index is 1490. The van der Waals surface area contributed by atoms with Crippen molar-refractivity contribution in [1.82, 2.24) is 0 Å². The molecule has 0 bridgehead atoms. The van der Waals surface area contributed by atoms with Gasteiger partial charge in [-0.3, -0.25) is 14.4 Å². The van der Waals surface area contributed by atoms with Gasteiger partial charge in [-0.25, -0.2) is 0 Å². The van der Waals surface area contributed by atoms with Crippen molar-refractivity contribution in [3.05, 3.63) is 72.9 Å². The third-order valence-electron chi connectivity index (χ3n) is 15.7. The highest BCUT2D eigenvalue weighted by Gasteiger charge is 2.19. The molecule has 0 fully saturated rings. The molecule has 0 radical (unpaired) electrons. The van der Waals surface area contributed by atoms with Crippen molar-refractivity contribution in [2.24, 2.45) is 0 Å². The minimum Gasteiger partial charge on any atom is -0.462 e. The number of allylic oxidation sites excluding steroid dienone is 12. The second-order valence-corrected chi connectivity index (χ2v) is 23.8. The second kappa shape index (κ2) is 69.3. The van der Waals surface area contributed by atoms with E-state index in [9.17, 15) is 14.4 Å². The van der Waals surface area contributed by atoms with Crippen molar-refractivity contribution in [1.29, 1.82) is 0 Å². The van der Waals surface area contributed by atoms with Crippen molar-refractivity contribution in [3.8, 4) is 0 Å². The molecular weight excluding hydrogens is 997 g/mol. The summed E-state index contributed by atoms with van der Waals surface area (Å²) in [5.74, 6) is -0.876. The third kappa shape index (κ3) is 67.5. The van der Waals surface area contributed by atoms with Crippen molar-refractivity contribution >= 4 is 17.9 Å². The standard InChI is InChI=1S/C75H134O6/c1-4-7-10-13-16-19-22-25-28-30-32-33-34-35-36-37-38-39-40-41-42-43-44-46-47-50-53-56-59-62-65-68-74(77)80-71-72(70-79-73(76)67-64-61-58-55-52-49-27-24-21-18-15-12-9-6-3)81-75(78)69-66-63-60-57-54-51-48-45-31-29-26-23-20-17-14-11-8-5-2/h20,22-25,27,29-32,34-35,72H,4-19,21,26,28,33,36-71H2,1-3H3/b23-20-,25-22-,27-24-,31-29-,32-30-,35-34-. The van der Waals surface area contributed by atoms with E-state index >= 15 is 0 Å². The molecule has 0 amide bonds. The molecule has 0 saturated heterocycles. The van der Waals surface area contributed by atoms with Crippen molar-refractivity contribution in [2.75, 3.05) is 13.2 Å². The third-order valence-corrected chi connectivity index (χ3v) is 15.7. The number of carbonyl (C=O) groups is 3. The van der Waals surface area contributed by atoms with Crippen LogP contribution in [-0.2, 0) is 28.6 Å². The van der Waals surface area contributed by atoms with Gasteiger partial charge in [0.15, 0.2) is 6.10 Å². The van der Waals surface area contributed by atoms with Gasteiger partial charge in [-0.15, -0.1) is 0 Å². The number of unbranched alkanes of at least 4 members (excludes halogenated alkanes) is 42. The van der Waals surface area contributed by atoms with E-state index in [1.165, 1.54) is 238 Å². The molecule has 0 saturated carbocycles. The van der Waals surface area contributed by atoms with Crippen molar-refractivity contribution in [3.63, 3.8) is 0 Å². The molecule has 1 atom stereocenters. The van der Waals surface area contributed by atoms with E-state index in [1.54, 1.807) is 0 Å². The van der Waals surface area contributed by atoms with Crippen LogP contribution in [0.4, 0.5) is 0 Å². The monoisotopic (exact) mass is 1130 g/mol. The van der Waals surface area contributed by atoms with Crippen molar-refractivity contribution in [2.45, 2.75) is 374 Å². The van der Waals surface area contributed by atoms with Gasteiger partial charge in [0.25, 0.3) is 0 Å². The minimum atomic E-state index is -0.783. The van der Waals surface area contributed by atoms with Gasteiger partial charge in [0.05, 0.1) is 0 Å². The number of hydrogen-bond donors (Lipinski definition) is 0. The summed E-state index contributed by atoms with van der Waals surface area (Å²) < 4.78 is 17.0. The van der Waals surface area contributed by atoms with Gasteiger partial charge in [-0.2, -0.15) is 0 Å². The lowest BCUT2D eigenvalue weighted by atomic mass is 10.0. The van der Waals surface area contributed by atoms with E-state index in [2.05, 4.69) is 93.7 Å². The van der Waals surface area contributed by atoms with Crippen molar-refractivity contribution < 1.29 is 28.6 Å². The summed E-state index contributed by atoms with van der Waals surface area (Å²) in [5, 5.41) is 0. The van der Waals surface area contributed by atoms with E-state index in [0.717, 1.165) is 89.9 Å².